The van der Waals surface area contributed by atoms with Crippen LogP contribution in [0.15, 0.2) is 27.8 Å². The van der Waals surface area contributed by atoms with Gasteiger partial charge in [-0.25, -0.2) is 0 Å². The summed E-state index contributed by atoms with van der Waals surface area (Å²) in [5.41, 5.74) is 6.17. The number of primary amides is 1. The molecular formula is C15H17N3O3. The van der Waals surface area contributed by atoms with E-state index in [1.807, 2.05) is 12.1 Å². The largest absolute Gasteiger partial charge is 0.368 e. The third kappa shape index (κ3) is 1.90. The van der Waals surface area contributed by atoms with Crippen LogP contribution in [0.1, 0.15) is 25.8 Å². The van der Waals surface area contributed by atoms with Gasteiger partial charge < -0.3 is 10.3 Å². The molecule has 1 aliphatic rings. The number of benzene rings is 1. The van der Waals surface area contributed by atoms with E-state index in [4.69, 9.17) is 5.73 Å². The number of rotatable bonds is 2. The summed E-state index contributed by atoms with van der Waals surface area (Å²) in [7, 11) is 0. The quantitative estimate of drug-likeness (QED) is 0.807. The predicted molar refractivity (Wildman–Crippen MR) is 79.3 cm³/mol. The van der Waals surface area contributed by atoms with Crippen molar-refractivity contribution in [1.29, 1.82) is 0 Å². The molecule has 0 saturated heterocycles. The highest BCUT2D eigenvalue weighted by molar-refractivity contribution is 5.83. The number of aromatic nitrogens is 2. The molecule has 1 amide bonds. The van der Waals surface area contributed by atoms with Crippen LogP contribution < -0.4 is 16.9 Å². The molecule has 3 rings (SSSR count). The van der Waals surface area contributed by atoms with Crippen LogP contribution in [-0.2, 0) is 23.3 Å². The zero-order valence-corrected chi connectivity index (χ0v) is 12.0. The second-order valence-electron chi connectivity index (χ2n) is 6.12. The molecule has 0 bridgehead atoms. The molecule has 6 heteroatoms. The van der Waals surface area contributed by atoms with Gasteiger partial charge in [-0.05, 0) is 23.5 Å². The lowest BCUT2D eigenvalue weighted by Gasteiger charge is -2.33. The van der Waals surface area contributed by atoms with Crippen molar-refractivity contribution in [3.63, 3.8) is 0 Å². The van der Waals surface area contributed by atoms with Crippen LogP contribution in [-0.4, -0.2) is 15.0 Å². The van der Waals surface area contributed by atoms with Gasteiger partial charge in [-0.3, -0.25) is 19.0 Å². The molecule has 0 saturated carbocycles. The Morgan fingerprint density at radius 2 is 2.00 bits per heavy atom. The smallest absolute Gasteiger partial charge is 0.317 e. The first-order valence-electron chi connectivity index (χ1n) is 6.88. The van der Waals surface area contributed by atoms with Crippen molar-refractivity contribution >= 4 is 16.9 Å². The Balaban J connectivity index is 2.52. The molecule has 6 nitrogen and oxygen atoms in total. The number of carbonyl (C=O) groups excluding carboxylic acids is 1. The molecule has 2 aromatic rings. The summed E-state index contributed by atoms with van der Waals surface area (Å²) in [4.78, 5) is 35.7. The van der Waals surface area contributed by atoms with Crippen molar-refractivity contribution < 1.29 is 4.79 Å². The Kier molecular flexibility index (Phi) is 2.79. The van der Waals surface area contributed by atoms with Gasteiger partial charge in [0.15, 0.2) is 0 Å². The first-order chi connectivity index (χ1) is 9.83. The lowest BCUT2D eigenvalue weighted by Crippen LogP contribution is -2.45. The first kappa shape index (κ1) is 13.6. The molecule has 1 aromatic heterocycles. The average Bonchev–Trinajstić information content (AvgIpc) is 2.42. The van der Waals surface area contributed by atoms with Gasteiger partial charge in [0.25, 0.3) is 0 Å². The van der Waals surface area contributed by atoms with Crippen molar-refractivity contribution in [3.05, 3.63) is 44.5 Å². The van der Waals surface area contributed by atoms with E-state index in [0.717, 1.165) is 17.5 Å². The average molecular weight is 287 g/mol. The van der Waals surface area contributed by atoms with Gasteiger partial charge in [-0.1, -0.05) is 26.0 Å². The number of nitrogens with two attached hydrogens (primary N) is 1. The number of hydrogen-bond donors (Lipinski definition) is 1. The van der Waals surface area contributed by atoms with E-state index in [2.05, 4.69) is 13.8 Å². The molecular weight excluding hydrogens is 270 g/mol. The summed E-state index contributed by atoms with van der Waals surface area (Å²) in [6, 6.07) is 5.56. The first-order valence-corrected chi connectivity index (χ1v) is 6.88. The van der Waals surface area contributed by atoms with E-state index >= 15 is 0 Å². The van der Waals surface area contributed by atoms with E-state index in [-0.39, 0.29) is 12.0 Å². The van der Waals surface area contributed by atoms with Crippen molar-refractivity contribution in [3.8, 4) is 0 Å². The summed E-state index contributed by atoms with van der Waals surface area (Å²) >= 11 is 0. The fraction of sp³-hybridized carbons (Fsp3) is 0.400. The van der Waals surface area contributed by atoms with Crippen LogP contribution in [0.5, 0.6) is 0 Å². The topological polar surface area (TPSA) is 87.1 Å². The van der Waals surface area contributed by atoms with Crippen LogP contribution in [0.4, 0.5) is 0 Å². The Bertz CT molecular complexity index is 874. The fourth-order valence-electron chi connectivity index (χ4n) is 3.07. The van der Waals surface area contributed by atoms with Gasteiger partial charge in [-0.15, -0.1) is 0 Å². The fourth-order valence-corrected chi connectivity index (χ4v) is 3.07. The molecule has 2 N–H and O–H groups in total. The van der Waals surface area contributed by atoms with Gasteiger partial charge in [0.2, 0.25) is 5.91 Å². The van der Waals surface area contributed by atoms with Gasteiger partial charge in [0.1, 0.15) is 6.54 Å². The molecule has 1 aliphatic heterocycles. The standard InChI is InChI=1S/C15H17N3O3/c1-15(2)6-7-17-12-9(15)4-3-5-10(12)18(8-11(16)19)14(21)13(17)20/h3-5H,6-8H2,1-2H3,(H2,16,19). The minimum absolute atomic E-state index is 0.0824. The summed E-state index contributed by atoms with van der Waals surface area (Å²) in [6.45, 7) is 4.44. The predicted octanol–water partition coefficient (Wildman–Crippen LogP) is 0.330. The summed E-state index contributed by atoms with van der Waals surface area (Å²) in [5.74, 6) is -0.641. The maximum Gasteiger partial charge on any atom is 0.317 e. The van der Waals surface area contributed by atoms with E-state index in [0.29, 0.717) is 12.1 Å². The molecule has 0 aliphatic carbocycles. The van der Waals surface area contributed by atoms with E-state index < -0.39 is 17.0 Å². The van der Waals surface area contributed by atoms with E-state index in [9.17, 15) is 14.4 Å². The van der Waals surface area contributed by atoms with Crippen molar-refractivity contribution in [2.24, 2.45) is 5.73 Å². The number of nitrogens with zero attached hydrogens (tertiary/aromatic N) is 2. The van der Waals surface area contributed by atoms with Crippen molar-refractivity contribution in [2.75, 3.05) is 0 Å². The number of amides is 1. The Morgan fingerprint density at radius 1 is 1.29 bits per heavy atom. The van der Waals surface area contributed by atoms with E-state index in [1.165, 1.54) is 9.13 Å². The monoisotopic (exact) mass is 287 g/mol. The summed E-state index contributed by atoms with van der Waals surface area (Å²) < 4.78 is 2.71. The van der Waals surface area contributed by atoms with E-state index in [1.54, 1.807) is 6.07 Å². The van der Waals surface area contributed by atoms with Gasteiger partial charge in [0, 0.05) is 6.54 Å². The second kappa shape index (κ2) is 4.31. The maximum absolute atomic E-state index is 12.3. The molecule has 0 unspecified atom stereocenters. The zero-order valence-electron chi connectivity index (χ0n) is 12.0. The third-order valence-corrected chi connectivity index (χ3v) is 4.25. The Hall–Kier alpha value is -2.37. The van der Waals surface area contributed by atoms with Gasteiger partial charge in [-0.2, -0.15) is 0 Å². The van der Waals surface area contributed by atoms with Crippen LogP contribution in [0.3, 0.4) is 0 Å². The number of carbonyl (C=O) groups is 1. The molecule has 110 valence electrons. The van der Waals surface area contributed by atoms with Crippen LogP contribution in [0.2, 0.25) is 0 Å². The van der Waals surface area contributed by atoms with Crippen molar-refractivity contribution in [2.45, 2.75) is 38.8 Å². The normalized spacial score (nSPS) is 16.1. The Labute approximate surface area is 120 Å². The Morgan fingerprint density at radius 3 is 2.67 bits per heavy atom. The highest BCUT2D eigenvalue weighted by Gasteiger charge is 2.30. The zero-order chi connectivity index (χ0) is 15.4. The summed E-state index contributed by atoms with van der Waals surface area (Å²) in [5, 5.41) is 0. The molecule has 0 fully saturated rings. The number of aryl methyl sites for hydroxylation is 1. The molecule has 2 heterocycles. The highest BCUT2D eigenvalue weighted by Crippen LogP contribution is 2.36. The molecule has 0 atom stereocenters. The minimum Gasteiger partial charge on any atom is -0.368 e. The minimum atomic E-state index is -0.696. The summed E-state index contributed by atoms with van der Waals surface area (Å²) in [6.07, 6.45) is 0.790. The van der Waals surface area contributed by atoms with Gasteiger partial charge in [0.05, 0.1) is 11.0 Å². The second-order valence-corrected chi connectivity index (χ2v) is 6.12. The van der Waals surface area contributed by atoms with Crippen LogP contribution >= 0.6 is 0 Å². The maximum atomic E-state index is 12.3. The molecule has 1 aromatic carbocycles. The molecule has 0 spiro atoms. The highest BCUT2D eigenvalue weighted by atomic mass is 16.2. The number of hydrogen-bond acceptors (Lipinski definition) is 3. The third-order valence-electron chi connectivity index (χ3n) is 4.25. The SMILES string of the molecule is CC1(C)CCn2c(=O)c(=O)n(CC(N)=O)c3cccc1c32. The molecule has 21 heavy (non-hydrogen) atoms. The lowest BCUT2D eigenvalue weighted by atomic mass is 9.78. The van der Waals surface area contributed by atoms with Crippen molar-refractivity contribution in [1.82, 2.24) is 9.13 Å². The van der Waals surface area contributed by atoms with Crippen LogP contribution in [0, 0.1) is 0 Å². The lowest BCUT2D eigenvalue weighted by molar-refractivity contribution is -0.118. The molecule has 0 radical (unpaired) electrons. The van der Waals surface area contributed by atoms with Crippen LogP contribution in [0.25, 0.3) is 11.0 Å². The number of para-hydroxylation sites is 1. The van der Waals surface area contributed by atoms with Gasteiger partial charge >= 0.3 is 11.1 Å².